The molecule has 0 spiro atoms. The Morgan fingerprint density at radius 3 is 2.08 bits per heavy atom. The molecule has 0 bridgehead atoms. The zero-order chi connectivity index (χ0) is 18.4. The van der Waals surface area contributed by atoms with Crippen LogP contribution in [0.2, 0.25) is 0 Å². The third kappa shape index (κ3) is 5.02. The van der Waals surface area contributed by atoms with Crippen molar-refractivity contribution in [3.63, 3.8) is 0 Å². The van der Waals surface area contributed by atoms with Crippen LogP contribution in [0.15, 0.2) is 78.9 Å². The average molecular weight is 415 g/mol. The minimum absolute atomic E-state index is 0.313. The van der Waals surface area contributed by atoms with Crippen LogP contribution in [-0.4, -0.2) is 15.0 Å². The summed E-state index contributed by atoms with van der Waals surface area (Å²) in [6, 6.07) is 23.2. The molecule has 0 nitrogen and oxygen atoms in total. The Labute approximate surface area is 157 Å². The molecule has 3 rings (SSSR count). The number of alkyl halides is 3. The van der Waals surface area contributed by atoms with Crippen LogP contribution >= 0.6 is 0 Å². The van der Waals surface area contributed by atoms with Gasteiger partial charge in [-0.15, -0.1) is 0 Å². The molecule has 0 saturated heterocycles. The average Bonchev–Trinajstić information content (AvgIpc) is 2.66. The molecule has 130 valence electrons. The second-order valence-corrected chi connectivity index (χ2v) is 7.78. The van der Waals surface area contributed by atoms with E-state index in [1.807, 2.05) is 36.4 Å². The van der Waals surface area contributed by atoms with Gasteiger partial charge >= 0.3 is 157 Å². The quantitative estimate of drug-likeness (QED) is 0.432. The van der Waals surface area contributed by atoms with Crippen molar-refractivity contribution in [2.24, 2.45) is 0 Å². The summed E-state index contributed by atoms with van der Waals surface area (Å²) < 4.78 is 39.2. The fraction of sp³-hybridized carbons (Fsp3) is 0.0909. The van der Waals surface area contributed by atoms with Crippen molar-refractivity contribution in [1.29, 1.82) is 0 Å². The van der Waals surface area contributed by atoms with E-state index in [0.29, 0.717) is 20.5 Å². The molecule has 0 fully saturated rings. The minimum atomic E-state index is -4.32. The van der Waals surface area contributed by atoms with Gasteiger partial charge in [-0.3, -0.25) is 0 Å². The van der Waals surface area contributed by atoms with E-state index in [9.17, 15) is 13.2 Å². The Bertz CT molecular complexity index is 917. The number of halogens is 3. The van der Waals surface area contributed by atoms with E-state index in [-0.39, 0.29) is 0 Å². The predicted molar refractivity (Wildman–Crippen MR) is 99.4 cm³/mol. The summed E-state index contributed by atoms with van der Waals surface area (Å²) in [7, 11) is 0. The van der Waals surface area contributed by atoms with Gasteiger partial charge in [-0.25, -0.2) is 0 Å². The maximum atomic E-state index is 12.6. The van der Waals surface area contributed by atoms with E-state index in [2.05, 4.69) is 30.0 Å². The topological polar surface area (TPSA) is 0 Å². The van der Waals surface area contributed by atoms with E-state index in [0.717, 1.165) is 28.6 Å². The number of hydrogen-bond donors (Lipinski definition) is 0. The molecule has 0 heterocycles. The van der Waals surface area contributed by atoms with E-state index in [4.69, 9.17) is 0 Å². The van der Waals surface area contributed by atoms with Crippen molar-refractivity contribution in [2.45, 2.75) is 11.5 Å². The van der Waals surface area contributed by atoms with Crippen LogP contribution in [0.4, 0.5) is 13.2 Å². The van der Waals surface area contributed by atoms with Gasteiger partial charge in [-0.05, 0) is 0 Å². The van der Waals surface area contributed by atoms with Gasteiger partial charge in [0, 0.05) is 0 Å². The molecule has 0 N–H and O–H groups in total. The first-order valence-electron chi connectivity index (χ1n) is 7.97. The van der Waals surface area contributed by atoms with Gasteiger partial charge < -0.3 is 0 Å². The van der Waals surface area contributed by atoms with Crippen LogP contribution in [0, 0.1) is 11.8 Å². The van der Waals surface area contributed by atoms with Gasteiger partial charge in [0.15, 0.2) is 0 Å². The molecule has 3 aromatic rings. The van der Waals surface area contributed by atoms with Crippen LogP contribution < -0.4 is 4.46 Å². The zero-order valence-electron chi connectivity index (χ0n) is 13.8. The second kappa shape index (κ2) is 8.27. The molecule has 0 aliphatic heterocycles. The molecule has 0 aliphatic carbocycles. The zero-order valence-corrected chi connectivity index (χ0v) is 15.5. The summed E-state index contributed by atoms with van der Waals surface area (Å²) in [6.07, 6.45) is -4.32. The number of benzene rings is 3. The molecule has 3 aromatic carbocycles. The normalized spacial score (nSPS) is 10.9. The molecule has 26 heavy (non-hydrogen) atoms. The van der Waals surface area contributed by atoms with Crippen molar-refractivity contribution in [1.82, 2.24) is 0 Å². The summed E-state index contributed by atoms with van der Waals surface area (Å²) in [4.78, 5) is 0. The van der Waals surface area contributed by atoms with Crippen molar-refractivity contribution in [2.75, 3.05) is 0 Å². The standard InChI is InChI=1S/C22H15F3Se/c23-22(24,25)20-14-11-17(12-15-20)10-13-18-6-4-5-7-19(18)16-26-21-8-2-1-3-9-21/h1-9,11-12,14-15H,16H2. The third-order valence-corrected chi connectivity index (χ3v) is 5.93. The Morgan fingerprint density at radius 1 is 0.731 bits per heavy atom. The molecule has 0 aromatic heterocycles. The van der Waals surface area contributed by atoms with E-state index < -0.39 is 11.7 Å². The summed E-state index contributed by atoms with van der Waals surface area (Å²) in [5.41, 5.74) is 2.00. The number of rotatable bonds is 3. The van der Waals surface area contributed by atoms with Crippen LogP contribution in [0.25, 0.3) is 0 Å². The predicted octanol–water partition coefficient (Wildman–Crippen LogP) is 4.63. The Balaban J connectivity index is 1.76. The molecule has 4 heteroatoms. The van der Waals surface area contributed by atoms with Crippen molar-refractivity contribution in [3.8, 4) is 11.8 Å². The van der Waals surface area contributed by atoms with Gasteiger partial charge in [0.1, 0.15) is 0 Å². The fourth-order valence-corrected chi connectivity index (χ4v) is 4.27. The van der Waals surface area contributed by atoms with Gasteiger partial charge in [0.25, 0.3) is 0 Å². The van der Waals surface area contributed by atoms with Crippen LogP contribution in [-0.2, 0) is 11.5 Å². The molecule has 0 unspecified atom stereocenters. The monoisotopic (exact) mass is 416 g/mol. The van der Waals surface area contributed by atoms with E-state index >= 15 is 0 Å². The first-order chi connectivity index (χ1) is 12.5. The molecule has 0 radical (unpaired) electrons. The fourth-order valence-electron chi connectivity index (χ4n) is 2.33. The SMILES string of the molecule is FC(F)(F)c1ccc(C#Cc2ccccc2C[Se]c2ccccc2)cc1. The third-order valence-electron chi connectivity index (χ3n) is 3.71. The van der Waals surface area contributed by atoms with Gasteiger partial charge in [0.05, 0.1) is 0 Å². The van der Waals surface area contributed by atoms with Gasteiger partial charge in [-0.2, -0.15) is 0 Å². The maximum absolute atomic E-state index is 12.6. The van der Waals surface area contributed by atoms with Crippen molar-refractivity contribution in [3.05, 3.63) is 101 Å². The molecular formula is C22H15F3Se. The Kier molecular flexibility index (Phi) is 5.83. The summed E-state index contributed by atoms with van der Waals surface area (Å²) in [5.74, 6) is 6.07. The van der Waals surface area contributed by atoms with Gasteiger partial charge in [0.2, 0.25) is 0 Å². The molecular weight excluding hydrogens is 400 g/mol. The van der Waals surface area contributed by atoms with E-state index in [1.54, 1.807) is 0 Å². The van der Waals surface area contributed by atoms with Crippen molar-refractivity contribution >= 4 is 19.4 Å². The van der Waals surface area contributed by atoms with Crippen LogP contribution in [0.5, 0.6) is 0 Å². The number of hydrogen-bond acceptors (Lipinski definition) is 0. The molecule has 0 atom stereocenters. The Morgan fingerprint density at radius 2 is 1.38 bits per heavy atom. The first-order valence-corrected chi connectivity index (χ1v) is 10.0. The van der Waals surface area contributed by atoms with Crippen LogP contribution in [0.1, 0.15) is 22.3 Å². The molecule has 0 saturated carbocycles. The van der Waals surface area contributed by atoms with Gasteiger partial charge in [-0.1, -0.05) is 0 Å². The summed E-state index contributed by atoms with van der Waals surface area (Å²) >= 11 is 0.313. The van der Waals surface area contributed by atoms with E-state index in [1.165, 1.54) is 16.6 Å². The summed E-state index contributed by atoms with van der Waals surface area (Å²) in [5, 5.41) is 0.925. The summed E-state index contributed by atoms with van der Waals surface area (Å²) in [6.45, 7) is 0. The van der Waals surface area contributed by atoms with Crippen molar-refractivity contribution < 1.29 is 13.2 Å². The second-order valence-electron chi connectivity index (χ2n) is 5.58. The molecule has 0 amide bonds. The Hall–Kier alpha value is -2.47. The first kappa shape index (κ1) is 18.3. The molecule has 0 aliphatic rings. The van der Waals surface area contributed by atoms with Crippen LogP contribution in [0.3, 0.4) is 0 Å².